The lowest BCUT2D eigenvalue weighted by molar-refractivity contribution is -0.119. The van der Waals surface area contributed by atoms with Gasteiger partial charge in [-0.2, -0.15) is 11.8 Å². The second kappa shape index (κ2) is 10.2. The molecule has 0 saturated heterocycles. The van der Waals surface area contributed by atoms with Gasteiger partial charge >= 0.3 is 0 Å². The Morgan fingerprint density at radius 3 is 2.23 bits per heavy atom. The summed E-state index contributed by atoms with van der Waals surface area (Å²) in [4.78, 5) is 12.5. The van der Waals surface area contributed by atoms with Gasteiger partial charge in [-0.15, -0.1) is 0 Å². The fraction of sp³-hybridized carbons (Fsp3) is 0.381. The zero-order valence-electron chi connectivity index (χ0n) is 17.5. The van der Waals surface area contributed by atoms with E-state index in [4.69, 9.17) is 4.74 Å². The van der Waals surface area contributed by atoms with Gasteiger partial charge in [-0.3, -0.25) is 9.10 Å². The van der Waals surface area contributed by atoms with Crippen molar-refractivity contribution in [1.82, 2.24) is 5.32 Å². The molecule has 0 aliphatic heterocycles. The fourth-order valence-electron chi connectivity index (χ4n) is 2.53. The Morgan fingerprint density at radius 1 is 1.10 bits per heavy atom. The smallest absolute Gasteiger partial charge is 0.264 e. The molecule has 164 valence electrons. The predicted octanol–water partition coefficient (Wildman–Crippen LogP) is 3.68. The molecule has 0 unspecified atom stereocenters. The summed E-state index contributed by atoms with van der Waals surface area (Å²) in [7, 11) is -2.57. The average molecular weight is 455 g/mol. The van der Waals surface area contributed by atoms with Crippen LogP contribution in [0.25, 0.3) is 0 Å². The first kappa shape index (κ1) is 24.0. The number of thioether (sulfide) groups is 1. The molecule has 0 fully saturated rings. The standard InChI is InChI=1S/C21H27FN2O4S2/c1-21(2,3)29-14-13-23-20(25)15-24(17-7-5-16(22)6-8-17)30(26,27)19-11-9-18(28-4)10-12-19/h5-12H,13-15H2,1-4H3,(H,23,25). The number of nitrogens with one attached hydrogen (secondary N) is 1. The summed E-state index contributed by atoms with van der Waals surface area (Å²) in [5.41, 5.74) is 0.200. The van der Waals surface area contributed by atoms with Gasteiger partial charge in [0.15, 0.2) is 0 Å². The van der Waals surface area contributed by atoms with Crippen molar-refractivity contribution >= 4 is 33.4 Å². The predicted molar refractivity (Wildman–Crippen MR) is 119 cm³/mol. The monoisotopic (exact) mass is 454 g/mol. The summed E-state index contributed by atoms with van der Waals surface area (Å²) in [5.74, 6) is 0.281. The van der Waals surface area contributed by atoms with E-state index in [0.29, 0.717) is 18.0 Å². The number of rotatable bonds is 9. The Bertz CT molecular complexity index is 940. The third kappa shape index (κ3) is 6.91. The molecule has 0 bridgehead atoms. The van der Waals surface area contributed by atoms with Crippen molar-refractivity contribution < 1.29 is 22.3 Å². The molecule has 0 aromatic heterocycles. The van der Waals surface area contributed by atoms with Crippen LogP contribution in [0.1, 0.15) is 20.8 Å². The third-order valence-corrected chi connectivity index (χ3v) is 7.07. The number of carbonyl (C=O) groups is 1. The van der Waals surface area contributed by atoms with Crippen molar-refractivity contribution in [2.75, 3.05) is 30.3 Å². The van der Waals surface area contributed by atoms with Gasteiger partial charge in [0, 0.05) is 17.0 Å². The maximum absolute atomic E-state index is 13.4. The number of benzene rings is 2. The first-order valence-electron chi connectivity index (χ1n) is 9.36. The Labute approximate surface area is 181 Å². The number of hydrogen-bond donors (Lipinski definition) is 1. The van der Waals surface area contributed by atoms with E-state index >= 15 is 0 Å². The van der Waals surface area contributed by atoms with E-state index in [9.17, 15) is 17.6 Å². The molecule has 1 N–H and O–H groups in total. The maximum Gasteiger partial charge on any atom is 0.264 e. The van der Waals surface area contributed by atoms with Crippen molar-refractivity contribution in [1.29, 1.82) is 0 Å². The van der Waals surface area contributed by atoms with Gasteiger partial charge in [-0.05, 0) is 48.5 Å². The number of amides is 1. The largest absolute Gasteiger partial charge is 0.497 e. The Hall–Kier alpha value is -2.26. The number of ether oxygens (including phenoxy) is 1. The fourth-order valence-corrected chi connectivity index (χ4v) is 4.77. The van der Waals surface area contributed by atoms with E-state index in [2.05, 4.69) is 26.1 Å². The van der Waals surface area contributed by atoms with Crippen LogP contribution in [0.2, 0.25) is 0 Å². The van der Waals surface area contributed by atoms with Crippen LogP contribution in [0.3, 0.4) is 0 Å². The Morgan fingerprint density at radius 2 is 1.70 bits per heavy atom. The number of anilines is 1. The Kier molecular flexibility index (Phi) is 8.14. The van der Waals surface area contributed by atoms with Crippen LogP contribution in [-0.4, -0.2) is 45.0 Å². The zero-order valence-corrected chi connectivity index (χ0v) is 19.1. The molecular formula is C21H27FN2O4S2. The minimum absolute atomic E-state index is 0.00344. The minimum atomic E-state index is -4.05. The molecule has 2 aromatic carbocycles. The number of nitrogens with zero attached hydrogens (tertiary/aromatic N) is 1. The van der Waals surface area contributed by atoms with Crippen molar-refractivity contribution in [3.63, 3.8) is 0 Å². The average Bonchev–Trinajstić information content (AvgIpc) is 2.69. The molecule has 0 atom stereocenters. The highest BCUT2D eigenvalue weighted by Crippen LogP contribution is 2.25. The first-order valence-corrected chi connectivity index (χ1v) is 11.8. The summed E-state index contributed by atoms with van der Waals surface area (Å²) in [6.07, 6.45) is 0. The molecule has 2 aromatic rings. The SMILES string of the molecule is COc1ccc(S(=O)(=O)N(CC(=O)NCCSC(C)(C)C)c2ccc(F)cc2)cc1. The zero-order chi connectivity index (χ0) is 22.4. The third-order valence-electron chi connectivity index (χ3n) is 4.01. The van der Waals surface area contributed by atoms with E-state index in [-0.39, 0.29) is 15.3 Å². The van der Waals surface area contributed by atoms with E-state index < -0.39 is 28.3 Å². The quantitative estimate of drug-likeness (QED) is 0.585. The molecule has 0 aliphatic carbocycles. The van der Waals surface area contributed by atoms with Crippen LogP contribution in [0, 0.1) is 5.82 Å². The summed E-state index contributed by atoms with van der Waals surface area (Å²) in [5, 5.41) is 2.75. The van der Waals surface area contributed by atoms with Gasteiger partial charge in [-0.1, -0.05) is 20.8 Å². The highest BCUT2D eigenvalue weighted by molar-refractivity contribution is 8.00. The lowest BCUT2D eigenvalue weighted by atomic mass is 10.3. The number of carbonyl (C=O) groups excluding carboxylic acids is 1. The van der Waals surface area contributed by atoms with E-state index in [0.717, 1.165) is 16.4 Å². The van der Waals surface area contributed by atoms with Crippen molar-refractivity contribution in [3.05, 3.63) is 54.3 Å². The van der Waals surface area contributed by atoms with Crippen LogP contribution in [0.15, 0.2) is 53.4 Å². The molecule has 2 rings (SSSR count). The normalized spacial score (nSPS) is 11.8. The van der Waals surface area contributed by atoms with Crippen LogP contribution in [0.4, 0.5) is 10.1 Å². The van der Waals surface area contributed by atoms with Crippen LogP contribution >= 0.6 is 11.8 Å². The van der Waals surface area contributed by atoms with Gasteiger partial charge in [0.25, 0.3) is 10.0 Å². The molecule has 6 nitrogen and oxygen atoms in total. The minimum Gasteiger partial charge on any atom is -0.497 e. The lowest BCUT2D eigenvalue weighted by Gasteiger charge is -2.24. The topological polar surface area (TPSA) is 75.7 Å². The van der Waals surface area contributed by atoms with E-state index in [1.165, 1.54) is 43.5 Å². The maximum atomic E-state index is 13.4. The van der Waals surface area contributed by atoms with Gasteiger partial charge in [0.1, 0.15) is 18.1 Å². The molecular weight excluding hydrogens is 427 g/mol. The molecule has 0 radical (unpaired) electrons. The van der Waals surface area contributed by atoms with E-state index in [1.54, 1.807) is 11.8 Å². The molecule has 1 amide bonds. The number of halogens is 1. The van der Waals surface area contributed by atoms with Crippen LogP contribution in [0.5, 0.6) is 5.75 Å². The summed E-state index contributed by atoms with van der Waals surface area (Å²) in [6, 6.07) is 10.8. The summed E-state index contributed by atoms with van der Waals surface area (Å²) >= 11 is 1.70. The summed E-state index contributed by atoms with van der Waals surface area (Å²) < 4.78 is 45.9. The highest BCUT2D eigenvalue weighted by atomic mass is 32.2. The summed E-state index contributed by atoms with van der Waals surface area (Å²) in [6.45, 7) is 6.24. The Balaban J connectivity index is 2.22. The second-order valence-electron chi connectivity index (χ2n) is 7.47. The lowest BCUT2D eigenvalue weighted by Crippen LogP contribution is -2.41. The van der Waals surface area contributed by atoms with Crippen molar-refractivity contribution in [2.24, 2.45) is 0 Å². The van der Waals surface area contributed by atoms with Gasteiger partial charge in [0.05, 0.1) is 17.7 Å². The van der Waals surface area contributed by atoms with Crippen molar-refractivity contribution in [2.45, 2.75) is 30.4 Å². The first-order chi connectivity index (χ1) is 14.0. The van der Waals surface area contributed by atoms with E-state index in [1.807, 2.05) is 0 Å². The molecule has 0 saturated carbocycles. The van der Waals surface area contributed by atoms with Crippen molar-refractivity contribution in [3.8, 4) is 5.75 Å². The van der Waals surface area contributed by atoms with Gasteiger partial charge in [-0.25, -0.2) is 12.8 Å². The number of methoxy groups -OCH3 is 1. The van der Waals surface area contributed by atoms with Gasteiger partial charge < -0.3 is 10.1 Å². The number of hydrogen-bond acceptors (Lipinski definition) is 5. The second-order valence-corrected chi connectivity index (χ2v) is 11.3. The molecule has 30 heavy (non-hydrogen) atoms. The number of sulfonamides is 1. The van der Waals surface area contributed by atoms with Gasteiger partial charge in [0.2, 0.25) is 5.91 Å². The highest BCUT2D eigenvalue weighted by Gasteiger charge is 2.27. The molecule has 0 heterocycles. The van der Waals surface area contributed by atoms with Crippen LogP contribution < -0.4 is 14.4 Å². The molecule has 9 heteroatoms. The molecule has 0 spiro atoms. The molecule has 0 aliphatic rings. The van der Waals surface area contributed by atoms with Crippen LogP contribution in [-0.2, 0) is 14.8 Å².